The number of piperidine rings is 1. The van der Waals surface area contributed by atoms with Gasteiger partial charge >= 0.3 is 12.1 Å². The number of carboxylic acid groups (broad SMARTS) is 1. The number of imide groups is 1. The molecule has 1 fully saturated rings. The number of carbonyl (C=O) groups is 4. The van der Waals surface area contributed by atoms with Crippen LogP contribution in [-0.2, 0) is 20.9 Å². The molecule has 0 saturated carbocycles. The number of rotatable bonds is 2. The Morgan fingerprint density at radius 1 is 1.19 bits per heavy atom. The summed E-state index contributed by atoms with van der Waals surface area (Å²) in [5.41, 5.74) is 9.34. The molecule has 0 spiro atoms. The zero-order valence-corrected chi connectivity index (χ0v) is 16.3. The van der Waals surface area contributed by atoms with Crippen molar-refractivity contribution in [3.8, 4) is 11.3 Å². The molecule has 9 nitrogen and oxygen atoms in total. The lowest BCUT2D eigenvalue weighted by Gasteiger charge is -2.29. The summed E-state index contributed by atoms with van der Waals surface area (Å²) in [6.45, 7) is 0.350. The van der Waals surface area contributed by atoms with Gasteiger partial charge in [-0.2, -0.15) is 13.2 Å². The number of nitrogens with two attached hydrogens (primary N) is 1. The number of hydrogen-bond acceptors (Lipinski definition) is 6. The van der Waals surface area contributed by atoms with Crippen LogP contribution >= 0.6 is 0 Å². The molecule has 168 valence electrons. The maximum Gasteiger partial charge on any atom is 0.490 e. The van der Waals surface area contributed by atoms with Crippen LogP contribution in [0.25, 0.3) is 11.3 Å². The number of hydrogen-bond donors (Lipinski definition) is 3. The highest BCUT2D eigenvalue weighted by Gasteiger charge is 2.39. The van der Waals surface area contributed by atoms with Gasteiger partial charge in [0.05, 0.1) is 17.6 Å². The van der Waals surface area contributed by atoms with Crippen molar-refractivity contribution in [2.24, 2.45) is 0 Å². The Labute approximate surface area is 179 Å². The average molecular weight is 450 g/mol. The van der Waals surface area contributed by atoms with Crippen molar-refractivity contribution in [2.75, 3.05) is 5.73 Å². The number of halogens is 3. The quantitative estimate of drug-likeness (QED) is 0.591. The predicted octanol–water partition coefficient (Wildman–Crippen LogP) is 1.73. The van der Waals surface area contributed by atoms with E-state index in [4.69, 9.17) is 15.6 Å². The lowest BCUT2D eigenvalue weighted by Crippen LogP contribution is -2.52. The van der Waals surface area contributed by atoms with E-state index in [0.717, 1.165) is 16.8 Å². The number of fused-ring (bicyclic) bond motifs is 1. The molecule has 3 amide bonds. The van der Waals surface area contributed by atoms with Crippen molar-refractivity contribution in [2.45, 2.75) is 31.6 Å². The van der Waals surface area contributed by atoms with Crippen molar-refractivity contribution >= 4 is 29.4 Å². The number of nitrogen functional groups attached to an aromatic ring is 1. The van der Waals surface area contributed by atoms with Gasteiger partial charge in [0, 0.05) is 24.1 Å². The van der Waals surface area contributed by atoms with Gasteiger partial charge in [0.25, 0.3) is 5.91 Å². The first-order chi connectivity index (χ1) is 15.0. The molecule has 2 aliphatic heterocycles. The van der Waals surface area contributed by atoms with E-state index in [0.29, 0.717) is 24.2 Å². The zero-order valence-electron chi connectivity index (χ0n) is 16.3. The minimum Gasteiger partial charge on any atom is -0.475 e. The number of benzene rings is 1. The topological polar surface area (TPSA) is 143 Å². The molecule has 0 aliphatic carbocycles. The molecular formula is C20H17F3N4O5. The minimum absolute atomic E-state index is 0.179. The fraction of sp³-hybridized carbons (Fsp3) is 0.250. The van der Waals surface area contributed by atoms with E-state index in [-0.39, 0.29) is 18.2 Å². The molecule has 3 heterocycles. The highest BCUT2D eigenvalue weighted by molar-refractivity contribution is 6.05. The van der Waals surface area contributed by atoms with Crippen LogP contribution in [0.4, 0.5) is 18.9 Å². The molecule has 0 radical (unpaired) electrons. The summed E-state index contributed by atoms with van der Waals surface area (Å²) < 4.78 is 31.7. The number of alkyl halides is 3. The standard InChI is InChI=1S/C18H16N4O3.C2HF3O2/c19-12-2-4-14(20-8-12)10-1-3-13-11(7-10)9-22(18(13)25)15-5-6-16(23)21-17(15)24;3-2(4,5)1(6)7/h1-4,7-8,15H,5-6,9,19H2,(H,21,23,24);(H,6,7). The Morgan fingerprint density at radius 3 is 2.44 bits per heavy atom. The number of pyridine rings is 1. The molecule has 2 aromatic rings. The Kier molecular flexibility index (Phi) is 6.14. The lowest BCUT2D eigenvalue weighted by molar-refractivity contribution is -0.192. The van der Waals surface area contributed by atoms with Crippen LogP contribution in [0.15, 0.2) is 36.5 Å². The SMILES string of the molecule is Nc1ccc(-c2ccc3c(c2)CN(C2CCC(=O)NC2=O)C3=O)nc1.O=C(O)C(F)(F)F. The summed E-state index contributed by atoms with van der Waals surface area (Å²) in [6.07, 6.45) is -2.89. The van der Waals surface area contributed by atoms with Gasteiger partial charge in [-0.25, -0.2) is 4.79 Å². The first-order valence-corrected chi connectivity index (χ1v) is 9.27. The average Bonchev–Trinajstić information content (AvgIpc) is 3.04. The Balaban J connectivity index is 0.000000360. The van der Waals surface area contributed by atoms with E-state index in [2.05, 4.69) is 10.3 Å². The van der Waals surface area contributed by atoms with Gasteiger partial charge in [-0.3, -0.25) is 24.7 Å². The molecule has 12 heteroatoms. The molecule has 2 aliphatic rings. The van der Waals surface area contributed by atoms with Crippen LogP contribution in [0.5, 0.6) is 0 Å². The third kappa shape index (κ3) is 4.85. The van der Waals surface area contributed by atoms with Crippen LogP contribution in [0.3, 0.4) is 0 Å². The van der Waals surface area contributed by atoms with Crippen LogP contribution in [0.1, 0.15) is 28.8 Å². The minimum atomic E-state index is -5.08. The van der Waals surface area contributed by atoms with E-state index in [1.807, 2.05) is 18.2 Å². The van der Waals surface area contributed by atoms with Gasteiger partial charge in [0.2, 0.25) is 11.8 Å². The van der Waals surface area contributed by atoms with Crippen LogP contribution in [-0.4, -0.2) is 50.9 Å². The Bertz CT molecular complexity index is 1090. The van der Waals surface area contributed by atoms with Gasteiger partial charge in [-0.1, -0.05) is 6.07 Å². The number of carboxylic acids is 1. The number of carbonyl (C=O) groups excluding carboxylic acids is 3. The van der Waals surface area contributed by atoms with Crippen molar-refractivity contribution in [1.29, 1.82) is 0 Å². The monoisotopic (exact) mass is 450 g/mol. The van der Waals surface area contributed by atoms with Gasteiger partial charge in [0.1, 0.15) is 6.04 Å². The van der Waals surface area contributed by atoms with E-state index in [9.17, 15) is 27.6 Å². The third-order valence-corrected chi connectivity index (χ3v) is 4.85. The molecular weight excluding hydrogens is 433 g/mol. The van der Waals surface area contributed by atoms with Crippen LogP contribution in [0.2, 0.25) is 0 Å². The fourth-order valence-electron chi connectivity index (χ4n) is 3.31. The fourth-order valence-corrected chi connectivity index (χ4v) is 3.31. The summed E-state index contributed by atoms with van der Waals surface area (Å²) >= 11 is 0. The molecule has 4 N–H and O–H groups in total. The van der Waals surface area contributed by atoms with Crippen molar-refractivity contribution in [3.63, 3.8) is 0 Å². The number of aromatic nitrogens is 1. The van der Waals surface area contributed by atoms with Gasteiger partial charge in [0.15, 0.2) is 0 Å². The van der Waals surface area contributed by atoms with Crippen molar-refractivity contribution in [3.05, 3.63) is 47.7 Å². The summed E-state index contributed by atoms with van der Waals surface area (Å²) in [4.78, 5) is 50.7. The molecule has 1 atom stereocenters. The van der Waals surface area contributed by atoms with E-state index >= 15 is 0 Å². The Morgan fingerprint density at radius 2 is 1.88 bits per heavy atom. The van der Waals surface area contributed by atoms with E-state index in [1.165, 1.54) is 4.90 Å². The first kappa shape index (κ1) is 22.7. The highest BCUT2D eigenvalue weighted by atomic mass is 19.4. The molecule has 1 aromatic carbocycles. The summed E-state index contributed by atoms with van der Waals surface area (Å²) in [5, 5.41) is 9.43. The number of nitrogens with one attached hydrogen (secondary N) is 1. The van der Waals surface area contributed by atoms with Crippen molar-refractivity contribution in [1.82, 2.24) is 15.2 Å². The number of nitrogens with zero attached hydrogens (tertiary/aromatic N) is 2. The maximum absolute atomic E-state index is 12.6. The number of amides is 3. The maximum atomic E-state index is 12.6. The molecule has 1 aromatic heterocycles. The van der Waals surface area contributed by atoms with Gasteiger partial charge in [-0.05, 0) is 36.2 Å². The molecule has 0 bridgehead atoms. The number of anilines is 1. The second-order valence-electron chi connectivity index (χ2n) is 7.05. The zero-order chi connectivity index (χ0) is 23.6. The Hall–Kier alpha value is -3.96. The van der Waals surface area contributed by atoms with Gasteiger partial charge in [-0.15, -0.1) is 0 Å². The lowest BCUT2D eigenvalue weighted by atomic mass is 10.0. The van der Waals surface area contributed by atoms with E-state index < -0.39 is 24.1 Å². The molecule has 4 rings (SSSR count). The number of aliphatic carboxylic acids is 1. The first-order valence-electron chi connectivity index (χ1n) is 9.27. The van der Waals surface area contributed by atoms with Crippen molar-refractivity contribution < 1.29 is 37.5 Å². The second-order valence-corrected chi connectivity index (χ2v) is 7.05. The largest absolute Gasteiger partial charge is 0.490 e. The van der Waals surface area contributed by atoms with Crippen LogP contribution in [0, 0.1) is 0 Å². The van der Waals surface area contributed by atoms with Gasteiger partial charge < -0.3 is 15.7 Å². The second kappa shape index (κ2) is 8.65. The smallest absolute Gasteiger partial charge is 0.475 e. The summed E-state index contributed by atoms with van der Waals surface area (Å²) in [6, 6.07) is 8.51. The molecule has 32 heavy (non-hydrogen) atoms. The third-order valence-electron chi connectivity index (χ3n) is 4.85. The molecule has 1 unspecified atom stereocenters. The van der Waals surface area contributed by atoms with E-state index in [1.54, 1.807) is 18.3 Å². The van der Waals surface area contributed by atoms with Crippen LogP contribution < -0.4 is 11.1 Å². The summed E-state index contributed by atoms with van der Waals surface area (Å²) in [7, 11) is 0. The normalized spacial score (nSPS) is 17.9. The highest BCUT2D eigenvalue weighted by Crippen LogP contribution is 2.30. The summed E-state index contributed by atoms with van der Waals surface area (Å²) in [5.74, 6) is -3.63. The predicted molar refractivity (Wildman–Crippen MR) is 104 cm³/mol. The molecule has 1 saturated heterocycles.